The quantitative estimate of drug-likeness (QED) is 0.285. The van der Waals surface area contributed by atoms with E-state index >= 15 is 0 Å². The fourth-order valence-electron chi connectivity index (χ4n) is 1.04. The summed E-state index contributed by atoms with van der Waals surface area (Å²) < 4.78 is 0. The van der Waals surface area contributed by atoms with Gasteiger partial charge in [0.15, 0.2) is 0 Å². The molecule has 0 spiro atoms. The van der Waals surface area contributed by atoms with Crippen molar-refractivity contribution in [2.75, 3.05) is 0 Å². The van der Waals surface area contributed by atoms with Crippen LogP contribution in [0.15, 0.2) is 0 Å². The number of barbiturate groups is 2. The minimum atomic E-state index is -0.740. The zero-order chi connectivity index (χ0) is 13.7. The minimum absolute atomic E-state index is 0. The third-order valence-electron chi connectivity index (χ3n) is 1.65. The minimum Gasteiger partial charge on any atom is -1.00 e. The van der Waals surface area contributed by atoms with Gasteiger partial charge in [0.1, 0.15) is 12.8 Å². The average molecular weight is 422 g/mol. The second kappa shape index (κ2) is 10.3. The Labute approximate surface area is 171 Å². The summed E-state index contributed by atoms with van der Waals surface area (Å²) in [4.78, 5) is 61.6. The number of carbonyl (C=O) groups excluding carboxylic acids is 6. The van der Waals surface area contributed by atoms with Gasteiger partial charge in [-0.15, -0.1) is 0 Å². The second-order valence-electron chi connectivity index (χ2n) is 3.20. The Bertz CT molecular complexity index is 335. The van der Waals surface area contributed by atoms with Gasteiger partial charge in [0.2, 0.25) is 23.6 Å². The van der Waals surface area contributed by atoms with Gasteiger partial charge in [-0.1, -0.05) is 0 Å². The first kappa shape index (κ1) is 21.8. The summed E-state index contributed by atoms with van der Waals surface area (Å²) in [5.41, 5.74) is 0. The summed E-state index contributed by atoms with van der Waals surface area (Å²) in [6, 6.07) is -1.48. The first-order chi connectivity index (χ1) is 8.36. The molecule has 2 rings (SSSR count). The van der Waals surface area contributed by atoms with Gasteiger partial charge in [0.05, 0.1) is 0 Å². The zero-order valence-electron chi connectivity index (χ0n) is 10.2. The first-order valence-corrected chi connectivity index (χ1v) is 4.64. The normalized spacial score (nSPS) is 17.0. The summed E-state index contributed by atoms with van der Waals surface area (Å²) in [5.74, 6) is -2.21. The first-order valence-electron chi connectivity index (χ1n) is 4.64. The van der Waals surface area contributed by atoms with Crippen LogP contribution >= 0.6 is 0 Å². The van der Waals surface area contributed by atoms with E-state index in [2.05, 4.69) is 0 Å². The molecule has 0 aromatic rings. The van der Waals surface area contributed by atoms with Crippen LogP contribution in [-0.4, -0.2) is 35.7 Å². The summed E-state index contributed by atoms with van der Waals surface area (Å²) in [6.45, 7) is 0. The van der Waals surface area contributed by atoms with Gasteiger partial charge in [-0.3, -0.25) is 40.4 Å². The van der Waals surface area contributed by atoms with Crippen LogP contribution in [0.2, 0.25) is 0 Å². The predicted octanol–water partition coefficient (Wildman–Crippen LogP) is -8.51. The molecule has 0 unspecified atom stereocenters. The Morgan fingerprint density at radius 2 is 0.750 bits per heavy atom. The molecule has 0 aliphatic carbocycles. The van der Waals surface area contributed by atoms with Gasteiger partial charge in [0, 0.05) is 0 Å². The van der Waals surface area contributed by atoms with Crippen LogP contribution in [0.1, 0.15) is 12.8 Å². The Hall–Kier alpha value is -0.495. The summed E-state index contributed by atoms with van der Waals surface area (Å²) >= 11 is 0. The maximum atomic E-state index is 10.3. The molecule has 0 saturated carbocycles. The number of amides is 8. The standard InChI is InChI=1S/2C4H4N2O3.BrH.Rb/c2*7-2-1-3(8)6-4(9)5-2;;/h2*1H2,(H2,5,6,7,8,9);1H;/q;;;+1/p-1. The predicted molar refractivity (Wildman–Crippen MR) is 52.6 cm³/mol. The van der Waals surface area contributed by atoms with Crippen molar-refractivity contribution in [2.24, 2.45) is 0 Å². The van der Waals surface area contributed by atoms with Crippen LogP contribution in [0.4, 0.5) is 9.59 Å². The maximum Gasteiger partial charge on any atom is 1.00 e. The van der Waals surface area contributed by atoms with E-state index in [1.807, 2.05) is 21.3 Å². The third kappa shape index (κ3) is 8.63. The molecule has 2 saturated heterocycles. The number of rotatable bonds is 0. The van der Waals surface area contributed by atoms with Crippen molar-refractivity contribution in [3.05, 3.63) is 0 Å². The molecule has 20 heavy (non-hydrogen) atoms. The topological polar surface area (TPSA) is 151 Å². The molecule has 2 aliphatic heterocycles. The van der Waals surface area contributed by atoms with E-state index in [0.717, 1.165) is 0 Å². The molecule has 104 valence electrons. The average Bonchev–Trinajstić information content (AvgIpc) is 2.12. The van der Waals surface area contributed by atoms with Crippen LogP contribution in [-0.2, 0) is 19.2 Å². The van der Waals surface area contributed by atoms with Gasteiger partial charge >= 0.3 is 70.2 Å². The largest absolute Gasteiger partial charge is 1.00 e. The molecule has 2 fully saturated rings. The van der Waals surface area contributed by atoms with Crippen molar-refractivity contribution in [2.45, 2.75) is 12.8 Å². The second-order valence-corrected chi connectivity index (χ2v) is 3.20. The fraction of sp³-hybridized carbons (Fsp3) is 0.250. The summed E-state index contributed by atoms with van der Waals surface area (Å²) in [7, 11) is 0. The van der Waals surface area contributed by atoms with E-state index in [1.165, 1.54) is 0 Å². The Kier molecular flexibility index (Phi) is 11.2. The van der Waals surface area contributed by atoms with Gasteiger partial charge in [0.25, 0.3) is 0 Å². The van der Waals surface area contributed by atoms with E-state index in [0.29, 0.717) is 0 Å². The smallest absolute Gasteiger partial charge is 1.00 e. The van der Waals surface area contributed by atoms with Crippen LogP contribution in [0.5, 0.6) is 0 Å². The van der Waals surface area contributed by atoms with Gasteiger partial charge in [-0.2, -0.15) is 0 Å². The molecule has 0 radical (unpaired) electrons. The van der Waals surface area contributed by atoms with Crippen molar-refractivity contribution in [3.8, 4) is 0 Å². The maximum absolute atomic E-state index is 10.3. The van der Waals surface area contributed by atoms with Gasteiger partial charge in [-0.05, 0) is 0 Å². The fourth-order valence-corrected chi connectivity index (χ4v) is 1.04. The Balaban J connectivity index is 0. The van der Waals surface area contributed by atoms with Crippen molar-refractivity contribution in [3.63, 3.8) is 0 Å². The van der Waals surface area contributed by atoms with Gasteiger partial charge < -0.3 is 17.0 Å². The molecule has 0 aromatic carbocycles. The van der Waals surface area contributed by atoms with Crippen molar-refractivity contribution in [1.82, 2.24) is 21.3 Å². The molecule has 0 atom stereocenters. The van der Waals surface area contributed by atoms with E-state index in [1.54, 1.807) is 0 Å². The number of nitrogens with one attached hydrogen (secondary N) is 4. The molecule has 2 heterocycles. The molecule has 0 aromatic heterocycles. The van der Waals surface area contributed by atoms with E-state index in [-0.39, 0.29) is 88.0 Å². The van der Waals surface area contributed by atoms with Crippen LogP contribution < -0.4 is 96.4 Å². The third-order valence-corrected chi connectivity index (χ3v) is 1.65. The van der Waals surface area contributed by atoms with Crippen molar-refractivity contribution >= 4 is 35.7 Å². The molecule has 8 amide bonds. The summed E-state index contributed by atoms with van der Waals surface area (Å²) in [5, 5.41) is 7.60. The number of imide groups is 4. The van der Waals surface area contributed by atoms with Crippen molar-refractivity contribution < 1.29 is 104 Å². The van der Waals surface area contributed by atoms with E-state index in [9.17, 15) is 28.8 Å². The molecular formula is C8H8BrN4O6Rb. The Morgan fingerprint density at radius 3 is 0.900 bits per heavy atom. The molecule has 4 N–H and O–H groups in total. The summed E-state index contributed by atoms with van der Waals surface area (Å²) in [6.07, 6.45) is -0.516. The number of halogens is 1. The van der Waals surface area contributed by atoms with Gasteiger partial charge in [-0.25, -0.2) is 9.59 Å². The number of hydrogen-bond acceptors (Lipinski definition) is 6. The van der Waals surface area contributed by atoms with Crippen LogP contribution in [0.3, 0.4) is 0 Å². The van der Waals surface area contributed by atoms with E-state index < -0.39 is 35.7 Å². The molecule has 10 nitrogen and oxygen atoms in total. The number of urea groups is 2. The zero-order valence-corrected chi connectivity index (χ0v) is 16.7. The number of hydrogen-bond donors (Lipinski definition) is 4. The van der Waals surface area contributed by atoms with E-state index in [4.69, 9.17) is 0 Å². The number of carbonyl (C=O) groups is 6. The molecule has 0 bridgehead atoms. The SMILES string of the molecule is O=C1CC(=O)NC(=O)N1.O=C1CC(=O)NC(=O)N1.[Br-].[Rb+]. The molecule has 2 aliphatic rings. The molecule has 12 heteroatoms. The van der Waals surface area contributed by atoms with Crippen molar-refractivity contribution in [1.29, 1.82) is 0 Å². The van der Waals surface area contributed by atoms with Crippen LogP contribution in [0.25, 0.3) is 0 Å². The Morgan fingerprint density at radius 1 is 0.550 bits per heavy atom. The molecular weight excluding hydrogens is 413 g/mol. The van der Waals surface area contributed by atoms with Crippen LogP contribution in [0, 0.1) is 0 Å². The monoisotopic (exact) mass is 420 g/mol.